The molecule has 0 aliphatic carbocycles. The van der Waals surface area contributed by atoms with Gasteiger partial charge in [-0.3, -0.25) is 4.98 Å². The normalized spacial score (nSPS) is 23.0. The van der Waals surface area contributed by atoms with Crippen molar-refractivity contribution in [1.29, 1.82) is 0 Å². The summed E-state index contributed by atoms with van der Waals surface area (Å²) in [6, 6.07) is 8.91. The van der Waals surface area contributed by atoms with E-state index in [0.29, 0.717) is 6.04 Å². The van der Waals surface area contributed by atoms with Crippen LogP contribution in [-0.2, 0) is 4.74 Å². The standard InChI is InChI=1S/C19H24BrN3O/c20-17-3-1-2-16-18(4-8-21-19(16)17)22-15-5-9-23(10-6-15)12-14-7-11-24-13-14/h1-4,8,14-15H,5-7,9-13H2,(H,21,22). The fourth-order valence-electron chi connectivity index (χ4n) is 3.84. The van der Waals surface area contributed by atoms with Crippen LogP contribution in [0.1, 0.15) is 19.3 Å². The second-order valence-electron chi connectivity index (χ2n) is 6.94. The third kappa shape index (κ3) is 3.58. The van der Waals surface area contributed by atoms with E-state index in [2.05, 4.69) is 49.3 Å². The number of ether oxygens (including phenoxy) is 1. The van der Waals surface area contributed by atoms with Gasteiger partial charge < -0.3 is 15.0 Å². The summed E-state index contributed by atoms with van der Waals surface area (Å²) in [6.07, 6.45) is 5.53. The molecule has 2 aliphatic rings. The van der Waals surface area contributed by atoms with Crippen LogP contribution >= 0.6 is 15.9 Å². The molecule has 5 heteroatoms. The highest BCUT2D eigenvalue weighted by Gasteiger charge is 2.24. The number of para-hydroxylation sites is 1. The molecule has 24 heavy (non-hydrogen) atoms. The summed E-state index contributed by atoms with van der Waals surface area (Å²) in [5.41, 5.74) is 2.23. The number of nitrogens with zero attached hydrogens (tertiary/aromatic N) is 2. The number of rotatable bonds is 4. The Morgan fingerprint density at radius 1 is 1.21 bits per heavy atom. The summed E-state index contributed by atoms with van der Waals surface area (Å²) in [4.78, 5) is 7.11. The Kier molecular flexibility index (Phi) is 5.01. The molecule has 0 amide bonds. The molecular formula is C19H24BrN3O. The lowest BCUT2D eigenvalue weighted by atomic mass is 10.0. The summed E-state index contributed by atoms with van der Waals surface area (Å²) >= 11 is 3.60. The Hall–Kier alpha value is -1.17. The molecule has 2 aromatic rings. The van der Waals surface area contributed by atoms with Gasteiger partial charge in [0.1, 0.15) is 0 Å². The van der Waals surface area contributed by atoms with E-state index in [1.54, 1.807) is 0 Å². The van der Waals surface area contributed by atoms with Crippen molar-refractivity contribution in [3.63, 3.8) is 0 Å². The van der Waals surface area contributed by atoms with Crippen molar-refractivity contribution in [2.45, 2.75) is 25.3 Å². The van der Waals surface area contributed by atoms with Crippen molar-refractivity contribution in [3.8, 4) is 0 Å². The molecule has 0 radical (unpaired) electrons. The van der Waals surface area contributed by atoms with E-state index < -0.39 is 0 Å². The van der Waals surface area contributed by atoms with Gasteiger partial charge in [0, 0.05) is 54.0 Å². The molecule has 1 atom stereocenters. The first-order chi connectivity index (χ1) is 11.8. The topological polar surface area (TPSA) is 37.4 Å². The first-order valence-corrected chi connectivity index (χ1v) is 9.69. The maximum absolute atomic E-state index is 5.50. The number of fused-ring (bicyclic) bond motifs is 1. The Bertz CT molecular complexity index is 694. The van der Waals surface area contributed by atoms with Gasteiger partial charge in [-0.05, 0) is 53.2 Å². The Balaban J connectivity index is 1.38. The fourth-order valence-corrected chi connectivity index (χ4v) is 4.31. The highest BCUT2D eigenvalue weighted by molar-refractivity contribution is 9.10. The summed E-state index contributed by atoms with van der Waals surface area (Å²) in [5, 5.41) is 4.95. The number of likely N-dealkylation sites (tertiary alicyclic amines) is 1. The van der Waals surface area contributed by atoms with E-state index in [0.717, 1.165) is 29.1 Å². The number of benzene rings is 1. The van der Waals surface area contributed by atoms with Crippen LogP contribution < -0.4 is 5.32 Å². The van der Waals surface area contributed by atoms with Gasteiger partial charge >= 0.3 is 0 Å². The zero-order valence-corrected chi connectivity index (χ0v) is 15.5. The number of pyridine rings is 1. The molecule has 2 saturated heterocycles. The number of hydrogen-bond donors (Lipinski definition) is 1. The monoisotopic (exact) mass is 389 g/mol. The third-order valence-corrected chi connectivity index (χ3v) is 5.85. The van der Waals surface area contributed by atoms with Crippen molar-refractivity contribution < 1.29 is 4.74 Å². The highest BCUT2D eigenvalue weighted by atomic mass is 79.9. The number of anilines is 1. The Labute approximate surface area is 151 Å². The van der Waals surface area contributed by atoms with Gasteiger partial charge in [0.2, 0.25) is 0 Å². The molecule has 4 rings (SSSR count). The molecule has 1 aromatic heterocycles. The fraction of sp³-hybridized carbons (Fsp3) is 0.526. The molecule has 1 unspecified atom stereocenters. The van der Waals surface area contributed by atoms with Crippen LogP contribution in [0, 0.1) is 5.92 Å². The first kappa shape index (κ1) is 16.3. The van der Waals surface area contributed by atoms with Crippen LogP contribution in [0.4, 0.5) is 5.69 Å². The van der Waals surface area contributed by atoms with Gasteiger partial charge in [-0.1, -0.05) is 12.1 Å². The van der Waals surface area contributed by atoms with Gasteiger partial charge in [0.25, 0.3) is 0 Å². The van der Waals surface area contributed by atoms with Crippen LogP contribution in [0.5, 0.6) is 0 Å². The molecule has 0 saturated carbocycles. The molecule has 3 heterocycles. The highest BCUT2D eigenvalue weighted by Crippen LogP contribution is 2.29. The third-order valence-electron chi connectivity index (χ3n) is 5.21. The van der Waals surface area contributed by atoms with Crippen LogP contribution in [0.3, 0.4) is 0 Å². The van der Waals surface area contributed by atoms with E-state index in [1.165, 1.54) is 50.0 Å². The van der Waals surface area contributed by atoms with Gasteiger partial charge in [0.05, 0.1) is 12.1 Å². The summed E-state index contributed by atoms with van der Waals surface area (Å²) in [5.74, 6) is 0.746. The van der Waals surface area contributed by atoms with Crippen molar-refractivity contribution >= 4 is 32.5 Å². The second kappa shape index (κ2) is 7.38. The molecule has 128 valence electrons. The molecule has 2 fully saturated rings. The minimum absolute atomic E-state index is 0.547. The van der Waals surface area contributed by atoms with E-state index >= 15 is 0 Å². The summed E-state index contributed by atoms with van der Waals surface area (Å²) < 4.78 is 6.55. The molecule has 2 aliphatic heterocycles. The smallest absolute Gasteiger partial charge is 0.0864 e. The number of piperidine rings is 1. The van der Waals surface area contributed by atoms with Crippen LogP contribution in [-0.4, -0.2) is 48.8 Å². The van der Waals surface area contributed by atoms with Gasteiger partial charge in [0.15, 0.2) is 0 Å². The SMILES string of the molecule is Brc1cccc2c(NC3CCN(CC4CCOC4)CC3)ccnc12. The second-order valence-corrected chi connectivity index (χ2v) is 7.80. The molecule has 1 N–H and O–H groups in total. The maximum Gasteiger partial charge on any atom is 0.0864 e. The van der Waals surface area contributed by atoms with Gasteiger partial charge in [-0.25, -0.2) is 0 Å². The van der Waals surface area contributed by atoms with Gasteiger partial charge in [-0.2, -0.15) is 0 Å². The van der Waals surface area contributed by atoms with Crippen LogP contribution in [0.25, 0.3) is 10.9 Å². The van der Waals surface area contributed by atoms with E-state index in [9.17, 15) is 0 Å². The van der Waals surface area contributed by atoms with Gasteiger partial charge in [-0.15, -0.1) is 0 Å². The lowest BCUT2D eigenvalue weighted by Crippen LogP contribution is -2.41. The quantitative estimate of drug-likeness (QED) is 0.859. The number of aromatic nitrogens is 1. The largest absolute Gasteiger partial charge is 0.382 e. The van der Waals surface area contributed by atoms with Crippen molar-refractivity contribution in [2.24, 2.45) is 5.92 Å². The average molecular weight is 390 g/mol. The predicted octanol–water partition coefficient (Wildman–Crippen LogP) is 3.91. The van der Waals surface area contributed by atoms with E-state index in [-0.39, 0.29) is 0 Å². The molecular weight excluding hydrogens is 366 g/mol. The lowest BCUT2D eigenvalue weighted by molar-refractivity contribution is 0.154. The Morgan fingerprint density at radius 3 is 2.88 bits per heavy atom. The summed E-state index contributed by atoms with van der Waals surface area (Å²) in [7, 11) is 0. The minimum atomic E-state index is 0.547. The van der Waals surface area contributed by atoms with Crippen LogP contribution in [0.15, 0.2) is 34.9 Å². The molecule has 0 spiro atoms. The molecule has 0 bridgehead atoms. The molecule has 1 aromatic carbocycles. The number of halogens is 1. The van der Waals surface area contributed by atoms with Crippen molar-refractivity contribution in [2.75, 3.05) is 38.2 Å². The average Bonchev–Trinajstić information content (AvgIpc) is 3.11. The maximum atomic E-state index is 5.50. The lowest BCUT2D eigenvalue weighted by Gasteiger charge is -2.34. The zero-order valence-electron chi connectivity index (χ0n) is 13.9. The zero-order chi connectivity index (χ0) is 16.4. The van der Waals surface area contributed by atoms with E-state index in [1.807, 2.05) is 12.3 Å². The predicted molar refractivity (Wildman–Crippen MR) is 101 cm³/mol. The Morgan fingerprint density at radius 2 is 2.08 bits per heavy atom. The minimum Gasteiger partial charge on any atom is -0.382 e. The number of nitrogens with one attached hydrogen (secondary N) is 1. The van der Waals surface area contributed by atoms with Crippen LogP contribution in [0.2, 0.25) is 0 Å². The van der Waals surface area contributed by atoms with Crippen molar-refractivity contribution in [3.05, 3.63) is 34.9 Å². The summed E-state index contributed by atoms with van der Waals surface area (Å²) in [6.45, 7) is 5.48. The first-order valence-electron chi connectivity index (χ1n) is 8.89. The van der Waals surface area contributed by atoms with E-state index in [4.69, 9.17) is 4.74 Å². The van der Waals surface area contributed by atoms with Crippen molar-refractivity contribution in [1.82, 2.24) is 9.88 Å². The number of hydrogen-bond acceptors (Lipinski definition) is 4. The molecule has 4 nitrogen and oxygen atoms in total.